The zero-order valence-electron chi connectivity index (χ0n) is 9.60. The zero-order chi connectivity index (χ0) is 12.8. The molecule has 17 heavy (non-hydrogen) atoms. The molecule has 0 saturated carbocycles. The SMILES string of the molecule is C=CCc1cccc(/C(C)=N/NC(N)=S)c1O. The lowest BCUT2D eigenvalue weighted by molar-refractivity contribution is 0.468. The molecule has 4 N–H and O–H groups in total. The standard InChI is InChI=1S/C12H15N3OS/c1-3-5-9-6-4-7-10(11(9)16)8(2)14-15-12(13)17/h3-4,6-7,16H,1,5H2,2H3,(H3,13,15,17)/b14-8+. The van der Waals surface area contributed by atoms with Crippen molar-refractivity contribution < 1.29 is 5.11 Å². The summed E-state index contributed by atoms with van der Waals surface area (Å²) in [6.07, 6.45) is 2.34. The van der Waals surface area contributed by atoms with E-state index in [4.69, 9.17) is 5.73 Å². The minimum absolute atomic E-state index is 0.0890. The van der Waals surface area contributed by atoms with Crippen LogP contribution in [0.1, 0.15) is 18.1 Å². The Morgan fingerprint density at radius 2 is 2.35 bits per heavy atom. The first kappa shape index (κ1) is 13.2. The van der Waals surface area contributed by atoms with Gasteiger partial charge in [-0.25, -0.2) is 0 Å². The molecule has 0 aromatic heterocycles. The molecule has 90 valence electrons. The third-order valence-electron chi connectivity index (χ3n) is 2.21. The monoisotopic (exact) mass is 249 g/mol. The molecule has 0 amide bonds. The van der Waals surface area contributed by atoms with Gasteiger partial charge in [-0.05, 0) is 37.2 Å². The zero-order valence-corrected chi connectivity index (χ0v) is 10.4. The second-order valence-corrected chi connectivity index (χ2v) is 3.92. The molecule has 0 aliphatic rings. The smallest absolute Gasteiger partial charge is 0.184 e. The molecule has 1 aromatic carbocycles. The number of nitrogens with two attached hydrogens (primary N) is 1. The second-order valence-electron chi connectivity index (χ2n) is 3.48. The van der Waals surface area contributed by atoms with Gasteiger partial charge >= 0.3 is 0 Å². The molecular formula is C12H15N3OS. The lowest BCUT2D eigenvalue weighted by Gasteiger charge is -2.08. The highest BCUT2D eigenvalue weighted by Gasteiger charge is 2.08. The number of benzene rings is 1. The van der Waals surface area contributed by atoms with E-state index in [0.29, 0.717) is 17.7 Å². The molecule has 1 rings (SSSR count). The number of hydrazone groups is 1. The number of phenols is 1. The molecule has 0 radical (unpaired) electrons. The lowest BCUT2D eigenvalue weighted by atomic mass is 10.0. The Kier molecular flexibility index (Phi) is 4.66. The lowest BCUT2D eigenvalue weighted by Crippen LogP contribution is -2.25. The maximum atomic E-state index is 10.0. The van der Waals surface area contributed by atoms with Crippen LogP contribution in [0.15, 0.2) is 36.0 Å². The first-order valence-corrected chi connectivity index (χ1v) is 5.49. The molecular weight excluding hydrogens is 234 g/mol. The van der Waals surface area contributed by atoms with E-state index in [-0.39, 0.29) is 10.9 Å². The van der Waals surface area contributed by atoms with E-state index < -0.39 is 0 Å². The van der Waals surface area contributed by atoms with Crippen LogP contribution in [0.2, 0.25) is 0 Å². The Hall–Kier alpha value is -1.88. The summed E-state index contributed by atoms with van der Waals surface area (Å²) in [5.41, 5.74) is 9.83. The number of allylic oxidation sites excluding steroid dienone is 1. The van der Waals surface area contributed by atoms with Crippen molar-refractivity contribution in [3.63, 3.8) is 0 Å². The van der Waals surface area contributed by atoms with Gasteiger partial charge in [0.25, 0.3) is 0 Å². The highest BCUT2D eigenvalue weighted by molar-refractivity contribution is 7.80. The summed E-state index contributed by atoms with van der Waals surface area (Å²) in [5.74, 6) is 0.207. The van der Waals surface area contributed by atoms with Crippen molar-refractivity contribution in [1.29, 1.82) is 0 Å². The van der Waals surface area contributed by atoms with Gasteiger partial charge in [0.05, 0.1) is 5.71 Å². The normalized spacial score (nSPS) is 11.0. The van der Waals surface area contributed by atoms with E-state index in [1.54, 1.807) is 19.1 Å². The fourth-order valence-electron chi connectivity index (χ4n) is 1.40. The number of hydrogen-bond acceptors (Lipinski definition) is 3. The van der Waals surface area contributed by atoms with Crippen LogP contribution < -0.4 is 11.2 Å². The number of para-hydroxylation sites is 1. The number of phenolic OH excluding ortho intramolecular Hbond substituents is 1. The topological polar surface area (TPSA) is 70.6 Å². The van der Waals surface area contributed by atoms with E-state index in [9.17, 15) is 5.11 Å². The molecule has 0 fully saturated rings. The second kappa shape index (κ2) is 6.00. The number of nitrogens with one attached hydrogen (secondary N) is 1. The minimum Gasteiger partial charge on any atom is -0.507 e. The van der Waals surface area contributed by atoms with E-state index >= 15 is 0 Å². The molecule has 0 saturated heterocycles. The molecule has 1 aromatic rings. The number of hydrogen-bond donors (Lipinski definition) is 3. The summed E-state index contributed by atoms with van der Waals surface area (Å²) in [7, 11) is 0. The van der Waals surface area contributed by atoms with Crippen LogP contribution in [0.4, 0.5) is 0 Å². The molecule has 0 heterocycles. The Balaban J connectivity index is 3.05. The average Bonchev–Trinajstić information content (AvgIpc) is 2.29. The quantitative estimate of drug-likeness (QED) is 0.328. The first-order valence-electron chi connectivity index (χ1n) is 5.08. The number of rotatable bonds is 4. The fourth-order valence-corrected chi connectivity index (χ4v) is 1.45. The Morgan fingerprint density at radius 3 is 2.94 bits per heavy atom. The van der Waals surface area contributed by atoms with Crippen LogP contribution in [0.25, 0.3) is 0 Å². The Bertz CT molecular complexity index is 469. The van der Waals surface area contributed by atoms with Crippen LogP contribution >= 0.6 is 12.2 Å². The van der Waals surface area contributed by atoms with Crippen molar-refractivity contribution in [2.45, 2.75) is 13.3 Å². The van der Waals surface area contributed by atoms with Gasteiger partial charge in [0, 0.05) is 5.56 Å². The van der Waals surface area contributed by atoms with Crippen LogP contribution in [-0.2, 0) is 6.42 Å². The van der Waals surface area contributed by atoms with Crippen molar-refractivity contribution in [1.82, 2.24) is 5.43 Å². The van der Waals surface area contributed by atoms with E-state index in [1.807, 2.05) is 12.1 Å². The molecule has 0 unspecified atom stereocenters. The summed E-state index contributed by atoms with van der Waals surface area (Å²) in [4.78, 5) is 0. The fraction of sp³-hybridized carbons (Fsp3) is 0.167. The maximum Gasteiger partial charge on any atom is 0.184 e. The molecule has 5 heteroatoms. The van der Waals surface area contributed by atoms with Crippen LogP contribution in [0, 0.1) is 0 Å². The van der Waals surface area contributed by atoms with Crippen molar-refractivity contribution in [3.8, 4) is 5.75 Å². The largest absolute Gasteiger partial charge is 0.507 e. The van der Waals surface area contributed by atoms with Crippen LogP contribution in [-0.4, -0.2) is 15.9 Å². The van der Waals surface area contributed by atoms with Gasteiger partial charge in [-0.1, -0.05) is 18.2 Å². The highest BCUT2D eigenvalue weighted by atomic mass is 32.1. The van der Waals surface area contributed by atoms with Gasteiger partial charge < -0.3 is 10.8 Å². The van der Waals surface area contributed by atoms with Crippen LogP contribution in [0.5, 0.6) is 5.75 Å². The van der Waals surface area contributed by atoms with Gasteiger partial charge in [-0.15, -0.1) is 6.58 Å². The predicted octanol–water partition coefficient (Wildman–Crippen LogP) is 1.68. The number of nitrogens with zero attached hydrogens (tertiary/aromatic N) is 1. The Morgan fingerprint density at radius 1 is 1.65 bits per heavy atom. The van der Waals surface area contributed by atoms with Gasteiger partial charge in [0.1, 0.15) is 5.75 Å². The van der Waals surface area contributed by atoms with Crippen molar-refractivity contribution in [2.75, 3.05) is 0 Å². The molecule has 0 spiro atoms. The van der Waals surface area contributed by atoms with Gasteiger partial charge in [0.2, 0.25) is 0 Å². The molecule has 0 atom stereocenters. The summed E-state index contributed by atoms with van der Waals surface area (Å²) in [6.45, 7) is 5.41. The predicted molar refractivity (Wildman–Crippen MR) is 74.1 cm³/mol. The van der Waals surface area contributed by atoms with E-state index in [2.05, 4.69) is 29.3 Å². The minimum atomic E-state index is 0.0890. The summed E-state index contributed by atoms with van der Waals surface area (Å²) in [6, 6.07) is 5.48. The van der Waals surface area contributed by atoms with Gasteiger partial charge in [-0.3, -0.25) is 5.43 Å². The Labute approximate surface area is 106 Å². The molecule has 4 nitrogen and oxygen atoms in total. The first-order chi connectivity index (χ1) is 8.06. The van der Waals surface area contributed by atoms with Crippen molar-refractivity contribution >= 4 is 23.0 Å². The molecule has 0 aliphatic heterocycles. The van der Waals surface area contributed by atoms with Crippen molar-refractivity contribution in [3.05, 3.63) is 42.0 Å². The van der Waals surface area contributed by atoms with Crippen molar-refractivity contribution in [2.24, 2.45) is 10.8 Å². The molecule has 0 aliphatic carbocycles. The third-order valence-corrected chi connectivity index (χ3v) is 2.30. The summed E-state index contributed by atoms with van der Waals surface area (Å²) >= 11 is 4.65. The highest BCUT2D eigenvalue weighted by Crippen LogP contribution is 2.23. The van der Waals surface area contributed by atoms with E-state index in [0.717, 1.165) is 5.56 Å². The van der Waals surface area contributed by atoms with Crippen LogP contribution in [0.3, 0.4) is 0 Å². The van der Waals surface area contributed by atoms with E-state index in [1.165, 1.54) is 0 Å². The average molecular weight is 249 g/mol. The van der Waals surface area contributed by atoms with Gasteiger partial charge in [0.15, 0.2) is 5.11 Å². The number of thiocarbonyl (C=S) groups is 1. The number of aromatic hydroxyl groups is 1. The maximum absolute atomic E-state index is 10.0. The summed E-state index contributed by atoms with van der Waals surface area (Å²) < 4.78 is 0. The third kappa shape index (κ3) is 3.57. The van der Waals surface area contributed by atoms with Gasteiger partial charge in [-0.2, -0.15) is 5.10 Å². The molecule has 0 bridgehead atoms. The summed E-state index contributed by atoms with van der Waals surface area (Å²) in [5, 5.41) is 14.1.